The minimum atomic E-state index is -1.59. The van der Waals surface area contributed by atoms with Gasteiger partial charge in [-0.2, -0.15) is 0 Å². The molecule has 0 fully saturated rings. The highest BCUT2D eigenvalue weighted by molar-refractivity contribution is 7.80. The Morgan fingerprint density at radius 1 is 0.695 bits per heavy atom. The Kier molecular flexibility index (Phi) is 10.5. The Balaban J connectivity index is 1.25. The van der Waals surface area contributed by atoms with E-state index in [1.165, 1.54) is 54.6 Å². The highest BCUT2D eigenvalue weighted by Crippen LogP contribution is 2.57. The summed E-state index contributed by atoms with van der Waals surface area (Å²) in [6, 6.07) is 21.7. The average Bonchev–Trinajstić information content (AvgIpc) is 3.48. The van der Waals surface area contributed by atoms with Gasteiger partial charge in [0.1, 0.15) is 47.7 Å². The molecule has 0 radical (unpaired) electrons. The van der Waals surface area contributed by atoms with Crippen LogP contribution in [0.3, 0.4) is 0 Å². The lowest BCUT2D eigenvalue weighted by molar-refractivity contribution is -0.386. The van der Waals surface area contributed by atoms with E-state index in [0.29, 0.717) is 22.4 Å². The summed E-state index contributed by atoms with van der Waals surface area (Å²) in [5.74, 6) is -2.33. The molecule has 0 unspecified atom stereocenters. The van der Waals surface area contributed by atoms with Crippen LogP contribution < -0.4 is 34.7 Å². The molecule has 300 valence electrons. The van der Waals surface area contributed by atoms with Gasteiger partial charge in [-0.3, -0.25) is 20.2 Å². The van der Waals surface area contributed by atoms with Crippen molar-refractivity contribution in [3.8, 4) is 34.5 Å². The number of hydrogen-bond acceptors (Lipinski definition) is 14. The second-order valence-electron chi connectivity index (χ2n) is 12.8. The molecule has 19 nitrogen and oxygen atoms in total. The SMILES string of the molecule is NC(=S)Nc1ccc2c(c1)C(=O)OC21c2ccc(OCc3cc(OCC(=O)O)ccc3[N+](=O)[O-])cc2Oc2cc(OCc3cc(OCC(=O)O)ccc3[N+](=O)[O-])ccc21. The van der Waals surface area contributed by atoms with Crippen LogP contribution in [0.15, 0.2) is 91.0 Å². The molecule has 20 heteroatoms. The molecular formula is C39H28N4O15S. The number of carboxylic acid groups (broad SMARTS) is 2. The van der Waals surface area contributed by atoms with Crippen molar-refractivity contribution in [1.29, 1.82) is 0 Å². The number of carboxylic acids is 2. The van der Waals surface area contributed by atoms with Gasteiger partial charge in [-0.15, -0.1) is 0 Å². The Bertz CT molecular complexity index is 2470. The normalized spacial score (nSPS) is 12.8. The van der Waals surface area contributed by atoms with E-state index in [2.05, 4.69) is 5.32 Å². The van der Waals surface area contributed by atoms with Crippen LogP contribution in [0.5, 0.6) is 34.5 Å². The van der Waals surface area contributed by atoms with Crippen molar-refractivity contribution >= 4 is 52.3 Å². The van der Waals surface area contributed by atoms with Crippen LogP contribution in [0.4, 0.5) is 17.1 Å². The predicted molar refractivity (Wildman–Crippen MR) is 206 cm³/mol. The average molecular weight is 825 g/mol. The summed E-state index contributed by atoms with van der Waals surface area (Å²) >= 11 is 4.97. The van der Waals surface area contributed by atoms with Gasteiger partial charge < -0.3 is 49.7 Å². The maximum atomic E-state index is 13.6. The standard InChI is InChI=1S/C39H28N4O15S/c40-38(59)41-22-1-6-28-27(13-22)37(48)58-39(28)29-7-2-25(53-16-20-11-23(55-18-35(44)45)4-9-31(20)42(49)50)14-33(29)57-34-15-26(3-8-30(34)39)54-17-21-12-24(56-19-36(46)47)5-10-32(21)43(51)52/h1-15H,16-19H2,(H,44,45)(H,46,47)(H3,40,41,59). The van der Waals surface area contributed by atoms with E-state index >= 15 is 0 Å². The van der Waals surface area contributed by atoms with E-state index in [1.54, 1.807) is 36.4 Å². The van der Waals surface area contributed by atoms with E-state index in [0.717, 1.165) is 0 Å². The van der Waals surface area contributed by atoms with E-state index < -0.39 is 46.6 Å². The number of nitrogens with one attached hydrogen (secondary N) is 1. The molecule has 5 N–H and O–H groups in total. The fourth-order valence-electron chi connectivity index (χ4n) is 6.59. The van der Waals surface area contributed by atoms with Crippen LogP contribution >= 0.6 is 12.2 Å². The Labute approximate surface area is 336 Å². The third-order valence-electron chi connectivity index (χ3n) is 9.03. The first kappa shape index (κ1) is 39.2. The molecule has 0 aliphatic carbocycles. The summed E-state index contributed by atoms with van der Waals surface area (Å²) < 4.78 is 35.0. The number of nitrogens with two attached hydrogens (primary N) is 1. The molecule has 0 bridgehead atoms. The zero-order valence-electron chi connectivity index (χ0n) is 30.1. The monoisotopic (exact) mass is 824 g/mol. The van der Waals surface area contributed by atoms with Gasteiger partial charge >= 0.3 is 17.9 Å². The number of aliphatic carboxylic acids is 2. The predicted octanol–water partition coefficient (Wildman–Crippen LogP) is 5.81. The van der Waals surface area contributed by atoms with Gasteiger partial charge in [-0.1, -0.05) is 6.07 Å². The molecule has 0 saturated carbocycles. The molecular weight excluding hydrogens is 797 g/mol. The molecule has 2 aliphatic heterocycles. The third kappa shape index (κ3) is 8.00. The molecule has 59 heavy (non-hydrogen) atoms. The number of fused-ring (bicyclic) bond motifs is 6. The summed E-state index contributed by atoms with van der Waals surface area (Å²) in [5, 5.41) is 44.3. The molecule has 5 aromatic carbocycles. The lowest BCUT2D eigenvalue weighted by atomic mass is 9.77. The summed E-state index contributed by atoms with van der Waals surface area (Å²) in [5.41, 5.74) is 5.49. The number of thiocarbonyl (C=S) groups is 1. The van der Waals surface area contributed by atoms with Crippen LogP contribution in [0.25, 0.3) is 0 Å². The minimum absolute atomic E-state index is 0.0254. The number of carbonyl (C=O) groups is 3. The fraction of sp³-hybridized carbons (Fsp3) is 0.128. The molecule has 0 amide bonds. The van der Waals surface area contributed by atoms with Crippen LogP contribution in [0.2, 0.25) is 0 Å². The second kappa shape index (κ2) is 15.9. The van der Waals surface area contributed by atoms with Gasteiger partial charge in [0, 0.05) is 46.6 Å². The largest absolute Gasteiger partial charge is 0.489 e. The van der Waals surface area contributed by atoms with Crippen molar-refractivity contribution in [2.75, 3.05) is 18.5 Å². The number of nitro benzene ring substituents is 2. The molecule has 0 atom stereocenters. The number of carbonyl (C=O) groups excluding carboxylic acids is 1. The molecule has 0 saturated heterocycles. The topological polar surface area (TPSA) is 271 Å². The minimum Gasteiger partial charge on any atom is -0.489 e. The van der Waals surface area contributed by atoms with E-state index in [9.17, 15) is 34.6 Å². The maximum absolute atomic E-state index is 13.6. The number of esters is 1. The lowest BCUT2D eigenvalue weighted by Crippen LogP contribution is -2.33. The lowest BCUT2D eigenvalue weighted by Gasteiger charge is -2.36. The van der Waals surface area contributed by atoms with Crippen molar-refractivity contribution in [3.63, 3.8) is 0 Å². The first-order chi connectivity index (χ1) is 28.2. The maximum Gasteiger partial charge on any atom is 0.341 e. The number of hydrogen-bond donors (Lipinski definition) is 4. The Hall–Kier alpha value is -8.00. The van der Waals surface area contributed by atoms with E-state index in [1.807, 2.05) is 0 Å². The summed E-state index contributed by atoms with van der Waals surface area (Å²) in [4.78, 5) is 58.0. The number of ether oxygens (including phenoxy) is 6. The Morgan fingerprint density at radius 3 is 1.61 bits per heavy atom. The summed E-state index contributed by atoms with van der Waals surface area (Å²) in [7, 11) is 0. The van der Waals surface area contributed by atoms with Crippen LogP contribution in [0, 0.1) is 20.2 Å². The van der Waals surface area contributed by atoms with Crippen LogP contribution in [0.1, 0.15) is 38.2 Å². The molecule has 1 spiro atoms. The first-order valence-electron chi connectivity index (χ1n) is 17.1. The molecule has 0 aromatic heterocycles. The van der Waals surface area contributed by atoms with Crippen molar-refractivity contribution in [3.05, 3.63) is 145 Å². The van der Waals surface area contributed by atoms with Gasteiger partial charge in [0.2, 0.25) is 0 Å². The van der Waals surface area contributed by atoms with Crippen LogP contribution in [-0.4, -0.2) is 56.3 Å². The van der Waals surface area contributed by atoms with Crippen molar-refractivity contribution in [2.45, 2.75) is 18.8 Å². The molecule has 2 heterocycles. The zero-order valence-corrected chi connectivity index (χ0v) is 30.9. The molecule has 2 aliphatic rings. The zero-order chi connectivity index (χ0) is 42.0. The van der Waals surface area contributed by atoms with Crippen molar-refractivity contribution in [2.24, 2.45) is 5.73 Å². The van der Waals surface area contributed by atoms with Crippen molar-refractivity contribution < 1.29 is 62.9 Å². The van der Waals surface area contributed by atoms with Gasteiger partial charge in [0.25, 0.3) is 11.4 Å². The molecule has 7 rings (SSSR count). The highest BCUT2D eigenvalue weighted by Gasteiger charge is 2.53. The fourth-order valence-corrected chi connectivity index (χ4v) is 6.71. The highest BCUT2D eigenvalue weighted by atomic mass is 32.1. The first-order valence-corrected chi connectivity index (χ1v) is 17.5. The van der Waals surface area contributed by atoms with E-state index in [4.69, 9.17) is 56.6 Å². The van der Waals surface area contributed by atoms with Gasteiger partial charge in [0.05, 0.1) is 26.5 Å². The number of benzene rings is 5. The Morgan fingerprint density at radius 2 is 1.15 bits per heavy atom. The second-order valence-corrected chi connectivity index (χ2v) is 13.2. The molecule has 5 aromatic rings. The number of nitro groups is 2. The third-order valence-corrected chi connectivity index (χ3v) is 9.13. The quantitative estimate of drug-likeness (QED) is 0.0419. The van der Waals surface area contributed by atoms with Crippen molar-refractivity contribution in [1.82, 2.24) is 0 Å². The van der Waals surface area contributed by atoms with Crippen LogP contribution in [-0.2, 0) is 33.1 Å². The van der Waals surface area contributed by atoms with Gasteiger partial charge in [0.15, 0.2) is 23.9 Å². The number of anilines is 1. The van der Waals surface area contributed by atoms with Gasteiger partial charge in [-0.25, -0.2) is 14.4 Å². The smallest absolute Gasteiger partial charge is 0.341 e. The van der Waals surface area contributed by atoms with E-state index in [-0.39, 0.29) is 80.9 Å². The van der Waals surface area contributed by atoms with Gasteiger partial charge in [-0.05, 0) is 72.9 Å². The summed E-state index contributed by atoms with van der Waals surface area (Å²) in [6.07, 6.45) is 0. The number of rotatable bonds is 15. The number of nitrogens with zero attached hydrogens (tertiary/aromatic N) is 2. The summed E-state index contributed by atoms with van der Waals surface area (Å²) in [6.45, 7) is -2.02.